The number of carbonyl (C=O) groups excluding carboxylic acids is 1. The summed E-state index contributed by atoms with van der Waals surface area (Å²) in [5.41, 5.74) is 0.0549. The van der Waals surface area contributed by atoms with Crippen LogP contribution >= 0.6 is 0 Å². The SMILES string of the molecule is Cn1cnnc1CC1(c2cccc(N3Cc4c(cc(N5CCC(C(F)F)C5)cc4C(F)(F)F)C3=O)c2)COC1. The Hall–Kier alpha value is -3.54. The Morgan fingerprint density at radius 1 is 1.15 bits per heavy atom. The van der Waals surface area contributed by atoms with Crippen LogP contribution in [0.1, 0.15) is 39.3 Å². The number of aryl methyl sites for hydroxylation is 1. The van der Waals surface area contributed by atoms with Gasteiger partial charge in [0.15, 0.2) is 0 Å². The van der Waals surface area contributed by atoms with E-state index in [1.54, 1.807) is 18.5 Å². The number of benzene rings is 2. The Morgan fingerprint density at radius 3 is 2.56 bits per heavy atom. The van der Waals surface area contributed by atoms with Gasteiger partial charge in [0.2, 0.25) is 6.43 Å². The highest BCUT2D eigenvalue weighted by atomic mass is 19.4. The molecule has 0 radical (unpaired) electrons. The molecular weight excluding hydrogens is 521 g/mol. The molecule has 0 saturated carbocycles. The highest BCUT2D eigenvalue weighted by molar-refractivity contribution is 6.11. The molecular formula is C27H26F5N5O2. The standard InChI is InChI=1S/C27H26F5N5O2/c1-35-15-33-34-23(35)10-26(13-39-14-26)17-3-2-4-18(7-17)37-12-21-20(25(37)38)8-19(9-22(21)27(30,31)32)36-6-5-16(11-36)24(28)29/h2-4,7-9,15-16,24H,5-6,10-14H2,1H3. The van der Waals surface area contributed by atoms with E-state index in [9.17, 15) is 26.7 Å². The van der Waals surface area contributed by atoms with Crippen LogP contribution in [0.5, 0.6) is 0 Å². The molecule has 7 nitrogen and oxygen atoms in total. The van der Waals surface area contributed by atoms with Gasteiger partial charge in [-0.15, -0.1) is 10.2 Å². The Balaban J connectivity index is 1.33. The summed E-state index contributed by atoms with van der Waals surface area (Å²) in [4.78, 5) is 16.4. The Kier molecular flexibility index (Phi) is 6.12. The van der Waals surface area contributed by atoms with E-state index in [1.165, 1.54) is 15.9 Å². The van der Waals surface area contributed by atoms with Crippen molar-refractivity contribution in [3.63, 3.8) is 0 Å². The number of carbonyl (C=O) groups is 1. The van der Waals surface area contributed by atoms with E-state index in [4.69, 9.17) is 4.74 Å². The molecule has 0 aliphatic carbocycles. The van der Waals surface area contributed by atoms with E-state index >= 15 is 0 Å². The molecule has 0 N–H and O–H groups in total. The van der Waals surface area contributed by atoms with Crippen molar-refractivity contribution in [1.29, 1.82) is 0 Å². The average molecular weight is 548 g/mol. The molecule has 1 atom stereocenters. The van der Waals surface area contributed by atoms with Crippen molar-refractivity contribution >= 4 is 17.3 Å². The minimum atomic E-state index is -4.70. The van der Waals surface area contributed by atoms with Crippen LogP contribution in [0.3, 0.4) is 0 Å². The number of alkyl halides is 5. The van der Waals surface area contributed by atoms with Crippen molar-refractivity contribution in [3.05, 3.63) is 70.8 Å². The second-order valence-electron chi connectivity index (χ2n) is 10.6. The van der Waals surface area contributed by atoms with Crippen LogP contribution in [0.15, 0.2) is 42.7 Å². The summed E-state index contributed by atoms with van der Waals surface area (Å²) in [5, 5.41) is 8.11. The third-order valence-corrected chi connectivity index (χ3v) is 8.11. The topological polar surface area (TPSA) is 63.5 Å². The number of halogens is 5. The first-order chi connectivity index (χ1) is 18.6. The molecule has 39 heavy (non-hydrogen) atoms. The summed E-state index contributed by atoms with van der Waals surface area (Å²) in [6.45, 7) is 0.798. The molecule has 3 aliphatic rings. The first-order valence-corrected chi connectivity index (χ1v) is 12.7. The van der Waals surface area contributed by atoms with Crippen molar-refractivity contribution < 1.29 is 31.5 Å². The zero-order valence-corrected chi connectivity index (χ0v) is 21.1. The van der Waals surface area contributed by atoms with Crippen LogP contribution in [-0.4, -0.2) is 53.4 Å². The molecule has 2 saturated heterocycles. The van der Waals surface area contributed by atoms with Gasteiger partial charge in [0, 0.05) is 54.8 Å². The van der Waals surface area contributed by atoms with Gasteiger partial charge >= 0.3 is 6.18 Å². The maximum absolute atomic E-state index is 14.2. The molecule has 206 valence electrons. The van der Waals surface area contributed by atoms with Gasteiger partial charge in [-0.25, -0.2) is 8.78 Å². The molecule has 4 heterocycles. The van der Waals surface area contributed by atoms with Crippen LogP contribution in [0.25, 0.3) is 0 Å². The number of hydrogen-bond donors (Lipinski definition) is 0. The summed E-state index contributed by atoms with van der Waals surface area (Å²) >= 11 is 0. The molecule has 2 aromatic carbocycles. The fraction of sp³-hybridized carbons (Fsp3) is 0.444. The number of anilines is 2. The second-order valence-corrected chi connectivity index (χ2v) is 10.6. The second kappa shape index (κ2) is 9.29. The third kappa shape index (κ3) is 4.44. The van der Waals surface area contributed by atoms with Crippen molar-refractivity contribution in [2.75, 3.05) is 36.1 Å². The molecule has 1 unspecified atom stereocenters. The lowest BCUT2D eigenvalue weighted by Gasteiger charge is -2.42. The van der Waals surface area contributed by atoms with Gasteiger partial charge in [0.25, 0.3) is 5.91 Å². The van der Waals surface area contributed by atoms with Gasteiger partial charge < -0.3 is 19.1 Å². The predicted octanol–water partition coefficient (Wildman–Crippen LogP) is 4.60. The minimum Gasteiger partial charge on any atom is -0.379 e. The first-order valence-electron chi connectivity index (χ1n) is 12.7. The fourth-order valence-electron chi connectivity index (χ4n) is 5.76. The summed E-state index contributed by atoms with van der Waals surface area (Å²) in [7, 11) is 1.85. The first kappa shape index (κ1) is 25.7. The lowest BCUT2D eigenvalue weighted by Crippen LogP contribution is -2.49. The Labute approximate surface area is 221 Å². The lowest BCUT2D eigenvalue weighted by molar-refractivity contribution is -0.138. The number of aromatic nitrogens is 3. The van der Waals surface area contributed by atoms with Gasteiger partial charge in [0.1, 0.15) is 12.2 Å². The van der Waals surface area contributed by atoms with Crippen LogP contribution < -0.4 is 9.80 Å². The minimum absolute atomic E-state index is 0.0495. The number of ether oxygens (including phenoxy) is 1. The average Bonchev–Trinajstić information content (AvgIpc) is 3.60. The van der Waals surface area contributed by atoms with E-state index in [0.717, 1.165) is 17.5 Å². The highest BCUT2D eigenvalue weighted by Gasteiger charge is 2.44. The van der Waals surface area contributed by atoms with Crippen molar-refractivity contribution in [2.45, 2.75) is 37.4 Å². The molecule has 1 amide bonds. The van der Waals surface area contributed by atoms with E-state index in [1.807, 2.05) is 23.7 Å². The third-order valence-electron chi connectivity index (χ3n) is 8.11. The number of nitrogens with zero attached hydrogens (tertiary/aromatic N) is 5. The molecule has 3 aromatic rings. The smallest absolute Gasteiger partial charge is 0.379 e. The van der Waals surface area contributed by atoms with Crippen molar-refractivity contribution in [3.8, 4) is 0 Å². The summed E-state index contributed by atoms with van der Waals surface area (Å²) < 4.78 is 76.3. The maximum atomic E-state index is 14.2. The highest BCUT2D eigenvalue weighted by Crippen LogP contribution is 2.43. The van der Waals surface area contributed by atoms with Crippen LogP contribution in [-0.2, 0) is 36.3 Å². The molecule has 2 fully saturated rings. The number of hydrogen-bond acceptors (Lipinski definition) is 5. The van der Waals surface area contributed by atoms with Crippen LogP contribution in [0.4, 0.5) is 33.3 Å². The van der Waals surface area contributed by atoms with Crippen molar-refractivity contribution in [2.24, 2.45) is 13.0 Å². The molecule has 0 bridgehead atoms. The lowest BCUT2D eigenvalue weighted by atomic mass is 9.75. The summed E-state index contributed by atoms with van der Waals surface area (Å²) in [6, 6.07) is 9.63. The monoisotopic (exact) mass is 547 g/mol. The zero-order chi connectivity index (χ0) is 27.5. The van der Waals surface area contributed by atoms with Gasteiger partial charge in [-0.05, 0) is 41.8 Å². The van der Waals surface area contributed by atoms with Crippen molar-refractivity contribution in [1.82, 2.24) is 14.8 Å². The summed E-state index contributed by atoms with van der Waals surface area (Å²) in [6.07, 6.45) is -4.90. The van der Waals surface area contributed by atoms with Gasteiger partial charge in [-0.1, -0.05) is 12.1 Å². The van der Waals surface area contributed by atoms with Gasteiger partial charge in [0.05, 0.1) is 25.3 Å². The van der Waals surface area contributed by atoms with Gasteiger partial charge in [-0.2, -0.15) is 13.2 Å². The Morgan fingerprint density at radius 2 is 1.95 bits per heavy atom. The quantitative estimate of drug-likeness (QED) is 0.423. The van der Waals surface area contributed by atoms with Crippen LogP contribution in [0.2, 0.25) is 0 Å². The van der Waals surface area contributed by atoms with E-state index in [-0.39, 0.29) is 42.9 Å². The fourth-order valence-corrected chi connectivity index (χ4v) is 5.76. The molecule has 3 aliphatic heterocycles. The molecule has 0 spiro atoms. The largest absolute Gasteiger partial charge is 0.416 e. The Bertz CT molecular complexity index is 1420. The number of fused-ring (bicyclic) bond motifs is 1. The number of amides is 1. The normalized spacial score (nSPS) is 20.6. The van der Waals surface area contributed by atoms with E-state index < -0.39 is 35.4 Å². The predicted molar refractivity (Wildman–Crippen MR) is 132 cm³/mol. The summed E-state index contributed by atoms with van der Waals surface area (Å²) in [5.74, 6) is -0.690. The van der Waals surface area contributed by atoms with Crippen LogP contribution in [0, 0.1) is 5.92 Å². The molecule has 1 aromatic heterocycles. The number of rotatable bonds is 6. The molecule has 12 heteroatoms. The van der Waals surface area contributed by atoms with E-state index in [0.29, 0.717) is 25.3 Å². The zero-order valence-electron chi connectivity index (χ0n) is 21.1. The van der Waals surface area contributed by atoms with Gasteiger partial charge in [-0.3, -0.25) is 4.79 Å². The van der Waals surface area contributed by atoms with E-state index in [2.05, 4.69) is 10.2 Å². The maximum Gasteiger partial charge on any atom is 0.416 e. The molecule has 6 rings (SSSR count).